The van der Waals surface area contributed by atoms with Crippen LogP contribution in [0.25, 0.3) is 11.3 Å². The highest BCUT2D eigenvalue weighted by molar-refractivity contribution is 7.14. The molecule has 9 nitrogen and oxygen atoms in total. The van der Waals surface area contributed by atoms with Crippen LogP contribution in [0.15, 0.2) is 96.6 Å². The third kappa shape index (κ3) is 6.56. The van der Waals surface area contributed by atoms with Crippen LogP contribution in [0, 0.1) is 6.92 Å². The standard InChI is InChI=1S/C29H24N6O3S/c1-18-4-7-23(15-25(18)34-29-35-26(17-39-29)20-3-2-14-30-16-20)31-27(37)19-5-8-21(9-6-19)32-28(38)33-22-10-12-24(36)13-11-22/h2-17,36H,1H3,(H,31,37)(H,34,35)(H2,32,33,38). The molecule has 0 fully saturated rings. The third-order valence-corrected chi connectivity index (χ3v) is 6.49. The van der Waals surface area contributed by atoms with Crippen molar-refractivity contribution in [3.8, 4) is 17.0 Å². The molecule has 3 amide bonds. The largest absolute Gasteiger partial charge is 0.508 e. The van der Waals surface area contributed by atoms with Gasteiger partial charge < -0.3 is 26.4 Å². The van der Waals surface area contributed by atoms with Crippen molar-refractivity contribution in [1.82, 2.24) is 9.97 Å². The number of pyridine rings is 1. The van der Waals surface area contributed by atoms with Gasteiger partial charge >= 0.3 is 6.03 Å². The molecule has 5 aromatic rings. The smallest absolute Gasteiger partial charge is 0.323 e. The fraction of sp³-hybridized carbons (Fsp3) is 0.0345. The van der Waals surface area contributed by atoms with E-state index in [2.05, 4.69) is 31.2 Å². The monoisotopic (exact) mass is 536 g/mol. The number of urea groups is 1. The van der Waals surface area contributed by atoms with Gasteiger partial charge in [0.25, 0.3) is 5.91 Å². The molecule has 0 atom stereocenters. The van der Waals surface area contributed by atoms with Crippen LogP contribution in [0.5, 0.6) is 5.75 Å². The number of nitrogens with one attached hydrogen (secondary N) is 4. The van der Waals surface area contributed by atoms with E-state index in [0.29, 0.717) is 22.6 Å². The number of aryl methyl sites for hydroxylation is 1. The molecule has 5 rings (SSSR count). The van der Waals surface area contributed by atoms with E-state index in [1.54, 1.807) is 48.8 Å². The molecule has 0 spiro atoms. The van der Waals surface area contributed by atoms with Gasteiger partial charge in [0, 0.05) is 51.7 Å². The molecular formula is C29H24N6O3S. The molecular weight excluding hydrogens is 512 g/mol. The Kier molecular flexibility index (Phi) is 7.46. The highest BCUT2D eigenvalue weighted by Gasteiger charge is 2.11. The van der Waals surface area contributed by atoms with Gasteiger partial charge in [0.05, 0.1) is 5.69 Å². The maximum atomic E-state index is 12.9. The minimum absolute atomic E-state index is 0.114. The minimum Gasteiger partial charge on any atom is -0.508 e. The number of aromatic hydroxyl groups is 1. The van der Waals surface area contributed by atoms with Gasteiger partial charge in [0.15, 0.2) is 5.13 Å². The van der Waals surface area contributed by atoms with Gasteiger partial charge in [-0.1, -0.05) is 6.07 Å². The van der Waals surface area contributed by atoms with Crippen LogP contribution in [0.4, 0.5) is 32.7 Å². The SMILES string of the molecule is Cc1ccc(NC(=O)c2ccc(NC(=O)Nc3ccc(O)cc3)cc2)cc1Nc1nc(-c2cccnc2)cs1. The van der Waals surface area contributed by atoms with Crippen molar-refractivity contribution >= 4 is 51.2 Å². The molecule has 10 heteroatoms. The van der Waals surface area contributed by atoms with Crippen LogP contribution in [0.1, 0.15) is 15.9 Å². The van der Waals surface area contributed by atoms with E-state index < -0.39 is 6.03 Å². The number of hydrogen-bond donors (Lipinski definition) is 5. The summed E-state index contributed by atoms with van der Waals surface area (Å²) in [7, 11) is 0. The molecule has 0 aliphatic rings. The number of anilines is 5. The van der Waals surface area contributed by atoms with Crippen LogP contribution in [0.2, 0.25) is 0 Å². The molecule has 3 aromatic carbocycles. The van der Waals surface area contributed by atoms with Crippen molar-refractivity contribution < 1.29 is 14.7 Å². The fourth-order valence-electron chi connectivity index (χ4n) is 3.67. The van der Waals surface area contributed by atoms with Gasteiger partial charge in [-0.3, -0.25) is 9.78 Å². The van der Waals surface area contributed by atoms with E-state index in [9.17, 15) is 14.7 Å². The van der Waals surface area contributed by atoms with Crippen LogP contribution in [-0.4, -0.2) is 27.0 Å². The van der Waals surface area contributed by atoms with Gasteiger partial charge in [-0.15, -0.1) is 11.3 Å². The predicted molar refractivity (Wildman–Crippen MR) is 155 cm³/mol. The first kappa shape index (κ1) is 25.4. The van der Waals surface area contributed by atoms with Crippen molar-refractivity contribution in [2.45, 2.75) is 6.92 Å². The highest BCUT2D eigenvalue weighted by Crippen LogP contribution is 2.29. The predicted octanol–water partition coefficient (Wildman–Crippen LogP) is 6.86. The second-order valence-electron chi connectivity index (χ2n) is 8.59. The van der Waals surface area contributed by atoms with Gasteiger partial charge in [0.1, 0.15) is 5.75 Å². The summed E-state index contributed by atoms with van der Waals surface area (Å²) in [6.45, 7) is 1.98. The summed E-state index contributed by atoms with van der Waals surface area (Å²) >= 11 is 1.49. The highest BCUT2D eigenvalue weighted by atomic mass is 32.1. The lowest BCUT2D eigenvalue weighted by atomic mass is 10.1. The molecule has 194 valence electrons. The van der Waals surface area contributed by atoms with Crippen molar-refractivity contribution in [3.63, 3.8) is 0 Å². The Morgan fingerprint density at radius 1 is 0.846 bits per heavy atom. The van der Waals surface area contributed by atoms with Gasteiger partial charge in [-0.25, -0.2) is 9.78 Å². The normalized spacial score (nSPS) is 10.5. The van der Waals surface area contributed by atoms with E-state index in [0.717, 1.165) is 27.6 Å². The topological polar surface area (TPSA) is 128 Å². The van der Waals surface area contributed by atoms with Crippen molar-refractivity contribution in [1.29, 1.82) is 0 Å². The first-order valence-electron chi connectivity index (χ1n) is 11.9. The van der Waals surface area contributed by atoms with Crippen LogP contribution in [0.3, 0.4) is 0 Å². The van der Waals surface area contributed by atoms with Gasteiger partial charge in [-0.2, -0.15) is 0 Å². The Bertz CT molecular complexity index is 1600. The molecule has 0 saturated heterocycles. The number of aromatic nitrogens is 2. The molecule has 0 bridgehead atoms. The first-order chi connectivity index (χ1) is 18.9. The summed E-state index contributed by atoms with van der Waals surface area (Å²) in [6.07, 6.45) is 3.50. The lowest BCUT2D eigenvalue weighted by Crippen LogP contribution is -2.19. The summed E-state index contributed by atoms with van der Waals surface area (Å²) in [5.74, 6) is -0.166. The zero-order valence-corrected chi connectivity index (χ0v) is 21.6. The zero-order valence-electron chi connectivity index (χ0n) is 20.8. The van der Waals surface area contributed by atoms with E-state index in [4.69, 9.17) is 0 Å². The molecule has 0 unspecified atom stereocenters. The molecule has 0 saturated carbocycles. The minimum atomic E-state index is -0.439. The molecule has 0 aliphatic carbocycles. The zero-order chi connectivity index (χ0) is 27.2. The molecule has 0 radical (unpaired) electrons. The fourth-order valence-corrected chi connectivity index (χ4v) is 4.41. The van der Waals surface area contributed by atoms with Crippen LogP contribution in [-0.2, 0) is 0 Å². The number of phenolic OH excluding ortho intramolecular Hbond substituents is 1. The van der Waals surface area contributed by atoms with Crippen molar-refractivity contribution in [2.75, 3.05) is 21.3 Å². The van der Waals surface area contributed by atoms with Crippen molar-refractivity contribution in [2.24, 2.45) is 0 Å². The van der Waals surface area contributed by atoms with E-state index in [1.807, 2.05) is 42.6 Å². The van der Waals surface area contributed by atoms with Crippen LogP contribution >= 0.6 is 11.3 Å². The summed E-state index contributed by atoms with van der Waals surface area (Å²) in [6, 6.07) is 21.7. The molecule has 2 aromatic heterocycles. The quantitative estimate of drug-likeness (QED) is 0.145. The number of carbonyl (C=O) groups is 2. The number of hydrogen-bond acceptors (Lipinski definition) is 7. The van der Waals surface area contributed by atoms with Crippen molar-refractivity contribution in [3.05, 3.63) is 108 Å². The number of thiazole rings is 1. The average molecular weight is 537 g/mol. The Hall–Kier alpha value is -5.22. The average Bonchev–Trinajstić information content (AvgIpc) is 3.41. The number of rotatable bonds is 7. The summed E-state index contributed by atoms with van der Waals surface area (Å²) in [5, 5.41) is 23.7. The Balaban J connectivity index is 1.20. The third-order valence-electron chi connectivity index (χ3n) is 5.73. The maximum Gasteiger partial charge on any atom is 0.323 e. The number of amides is 3. The Morgan fingerprint density at radius 2 is 1.54 bits per heavy atom. The molecule has 2 heterocycles. The Morgan fingerprint density at radius 3 is 2.23 bits per heavy atom. The first-order valence-corrected chi connectivity index (χ1v) is 12.8. The van der Waals surface area contributed by atoms with Gasteiger partial charge in [0.2, 0.25) is 0 Å². The number of benzene rings is 3. The second kappa shape index (κ2) is 11.4. The molecule has 39 heavy (non-hydrogen) atoms. The summed E-state index contributed by atoms with van der Waals surface area (Å²) in [5.41, 5.74) is 5.76. The van der Waals surface area contributed by atoms with E-state index in [-0.39, 0.29) is 11.7 Å². The molecule has 0 aliphatic heterocycles. The van der Waals surface area contributed by atoms with Gasteiger partial charge in [-0.05, 0) is 85.3 Å². The van der Waals surface area contributed by atoms with Crippen LogP contribution < -0.4 is 21.3 Å². The molecule has 5 N–H and O–H groups in total. The lowest BCUT2D eigenvalue weighted by Gasteiger charge is -2.11. The second-order valence-corrected chi connectivity index (χ2v) is 9.45. The van der Waals surface area contributed by atoms with E-state index >= 15 is 0 Å². The Labute approximate surface area is 228 Å². The summed E-state index contributed by atoms with van der Waals surface area (Å²) < 4.78 is 0. The number of carbonyl (C=O) groups excluding carboxylic acids is 2. The number of phenols is 1. The maximum absolute atomic E-state index is 12.9. The number of nitrogens with zero attached hydrogens (tertiary/aromatic N) is 2. The lowest BCUT2D eigenvalue weighted by molar-refractivity contribution is 0.102. The summed E-state index contributed by atoms with van der Waals surface area (Å²) in [4.78, 5) is 33.9. The van der Waals surface area contributed by atoms with E-state index in [1.165, 1.54) is 23.5 Å².